The Balaban J connectivity index is 2.58. The van der Waals surface area contributed by atoms with Crippen LogP contribution in [0.1, 0.15) is 85.6 Å². The number of benzene rings is 1. The van der Waals surface area contributed by atoms with E-state index in [-0.39, 0.29) is 41.5 Å². The van der Waals surface area contributed by atoms with Gasteiger partial charge in [0, 0.05) is 31.0 Å². The van der Waals surface area contributed by atoms with Crippen LogP contribution < -0.4 is 16.0 Å². The number of nitrogens with one attached hydrogen (secondary N) is 3. The first-order valence-corrected chi connectivity index (χ1v) is 14.9. The van der Waals surface area contributed by atoms with Crippen molar-refractivity contribution in [1.29, 1.82) is 0 Å². The van der Waals surface area contributed by atoms with E-state index in [1.165, 1.54) is 6.92 Å². The molecule has 0 saturated carbocycles. The number of oxime groups is 2. The van der Waals surface area contributed by atoms with Gasteiger partial charge in [-0.05, 0) is 105 Å². The van der Waals surface area contributed by atoms with Crippen molar-refractivity contribution in [3.8, 4) is 0 Å². The lowest BCUT2D eigenvalue weighted by molar-refractivity contribution is -0.121. The van der Waals surface area contributed by atoms with Gasteiger partial charge >= 0.3 is 0 Å². The Morgan fingerprint density at radius 2 is 1.38 bits per heavy atom. The average Bonchev–Trinajstić information content (AvgIpc) is 2.92. The summed E-state index contributed by atoms with van der Waals surface area (Å²) in [6, 6.07) is 0.447. The molecule has 42 heavy (non-hydrogen) atoms. The lowest BCUT2D eigenvalue weighted by Crippen LogP contribution is -2.47. The van der Waals surface area contributed by atoms with Crippen LogP contribution in [-0.2, 0) is 9.59 Å². The van der Waals surface area contributed by atoms with Gasteiger partial charge in [0.1, 0.15) is 5.82 Å². The molecule has 0 heterocycles. The molecule has 0 aromatic heterocycles. The quantitative estimate of drug-likeness (QED) is 0.0480. The molecular weight excluding hydrogens is 571 g/mol. The molecule has 238 valence electrons. The van der Waals surface area contributed by atoms with Crippen molar-refractivity contribution < 1.29 is 33.2 Å². The number of hydrogen-bond acceptors (Lipinski definition) is 9. The highest BCUT2D eigenvalue weighted by molar-refractivity contribution is 8.13. The van der Waals surface area contributed by atoms with Crippen molar-refractivity contribution in [3.05, 3.63) is 29.1 Å². The van der Waals surface area contributed by atoms with Crippen molar-refractivity contribution in [2.75, 3.05) is 19.6 Å². The molecule has 0 bridgehead atoms. The predicted octanol–water partition coefficient (Wildman–Crippen LogP) is 5.54. The van der Waals surface area contributed by atoms with Gasteiger partial charge in [-0.15, -0.1) is 0 Å². The van der Waals surface area contributed by atoms with Gasteiger partial charge in [0.05, 0.1) is 27.4 Å². The molecule has 13 heteroatoms. The van der Waals surface area contributed by atoms with Gasteiger partial charge in [0.15, 0.2) is 16.7 Å². The van der Waals surface area contributed by atoms with Crippen LogP contribution in [0.25, 0.3) is 0 Å². The van der Waals surface area contributed by atoms with E-state index in [9.17, 15) is 22.8 Å². The second-order valence-corrected chi connectivity index (χ2v) is 12.6. The molecule has 0 spiro atoms. The summed E-state index contributed by atoms with van der Waals surface area (Å²) < 4.78 is 41.2. The molecule has 1 aromatic carbocycles. The molecule has 1 amide bonds. The third kappa shape index (κ3) is 12.3. The summed E-state index contributed by atoms with van der Waals surface area (Å²) in [7, 11) is 0. The zero-order valence-electron chi connectivity index (χ0n) is 25.7. The van der Waals surface area contributed by atoms with Crippen molar-refractivity contribution in [2.24, 2.45) is 16.2 Å². The molecule has 0 radical (unpaired) electrons. The Morgan fingerprint density at radius 3 is 1.88 bits per heavy atom. The highest BCUT2D eigenvalue weighted by Crippen LogP contribution is 2.31. The molecule has 5 N–H and O–H groups in total. The molecule has 0 saturated heterocycles. The van der Waals surface area contributed by atoms with Gasteiger partial charge < -0.3 is 26.4 Å². The summed E-state index contributed by atoms with van der Waals surface area (Å²) in [5.41, 5.74) is 0.0321. The number of thioether (sulfide) groups is 1. The molecule has 0 aliphatic carbocycles. The van der Waals surface area contributed by atoms with E-state index in [0.29, 0.717) is 55.3 Å². The summed E-state index contributed by atoms with van der Waals surface area (Å²) in [6.45, 7) is 14.2. The minimum atomic E-state index is -1.35. The number of carbonyl (C=O) groups excluding carboxylic acids is 2. The summed E-state index contributed by atoms with van der Waals surface area (Å²) in [4.78, 5) is 24.3. The summed E-state index contributed by atoms with van der Waals surface area (Å²) in [5, 5.41) is 34.0. The standard InChI is InChI=1S/C29H46F3N5O4S/c1-18-22(30)17-23(31)26(32)27(18)42-25(39)10-8-9-24(38)33-14-11-21(12-15-34-28(4,5)19(2)36-40)13-16-35-29(6,7)20(3)37-41/h17,21,34-35,40-41H,8-16H2,1-7H3,(H,33,38)/b36-19-,37-20-. The topological polar surface area (TPSA) is 135 Å². The monoisotopic (exact) mass is 617 g/mol. The van der Waals surface area contributed by atoms with E-state index in [0.717, 1.165) is 12.8 Å². The number of nitrogens with zero attached hydrogens (tertiary/aromatic N) is 2. The Bertz CT molecular complexity index is 1070. The molecule has 0 aliphatic rings. The second kappa shape index (κ2) is 17.5. The molecule has 0 unspecified atom stereocenters. The lowest BCUT2D eigenvalue weighted by Gasteiger charge is -2.28. The summed E-state index contributed by atoms with van der Waals surface area (Å²) in [6.07, 6.45) is 2.56. The molecule has 0 fully saturated rings. The van der Waals surface area contributed by atoms with Crippen LogP contribution in [0, 0.1) is 30.3 Å². The maximum atomic E-state index is 14.0. The molecule has 0 atom stereocenters. The van der Waals surface area contributed by atoms with Crippen molar-refractivity contribution in [2.45, 2.75) is 103 Å². The molecule has 1 aromatic rings. The van der Waals surface area contributed by atoms with Crippen LogP contribution in [0.4, 0.5) is 13.2 Å². The number of hydrogen-bond donors (Lipinski definition) is 5. The van der Waals surface area contributed by atoms with Crippen molar-refractivity contribution in [1.82, 2.24) is 16.0 Å². The molecular formula is C29H46F3N5O4S. The summed E-state index contributed by atoms with van der Waals surface area (Å²) in [5.74, 6) is -3.53. The first-order valence-electron chi connectivity index (χ1n) is 14.1. The van der Waals surface area contributed by atoms with E-state index in [4.69, 9.17) is 10.4 Å². The number of rotatable bonds is 18. The fourth-order valence-electron chi connectivity index (χ4n) is 3.96. The van der Waals surface area contributed by atoms with Crippen LogP contribution in [0.15, 0.2) is 21.3 Å². The van der Waals surface area contributed by atoms with Gasteiger partial charge in [0.2, 0.25) is 5.91 Å². The first-order chi connectivity index (χ1) is 19.5. The van der Waals surface area contributed by atoms with Gasteiger partial charge in [-0.1, -0.05) is 10.3 Å². The average molecular weight is 618 g/mol. The lowest BCUT2D eigenvalue weighted by atomic mass is 9.94. The maximum Gasteiger partial charge on any atom is 0.220 e. The van der Waals surface area contributed by atoms with Gasteiger partial charge in [-0.3, -0.25) is 9.59 Å². The zero-order valence-corrected chi connectivity index (χ0v) is 26.5. The van der Waals surface area contributed by atoms with Crippen LogP contribution in [0.3, 0.4) is 0 Å². The van der Waals surface area contributed by atoms with Crippen molar-refractivity contribution in [3.63, 3.8) is 0 Å². The van der Waals surface area contributed by atoms with E-state index < -0.39 is 33.6 Å². The largest absolute Gasteiger partial charge is 0.411 e. The highest BCUT2D eigenvalue weighted by atomic mass is 32.2. The van der Waals surface area contributed by atoms with Crippen molar-refractivity contribution >= 4 is 34.2 Å². The SMILES string of the molecule is C/C(=N/O)C(C)(C)NCCC(CCNC(=O)CCCC(=O)Sc1c(C)c(F)cc(F)c1F)CCNC(C)(C)/C(C)=N\O. The molecule has 9 nitrogen and oxygen atoms in total. The molecule has 1 rings (SSSR count). The van der Waals surface area contributed by atoms with E-state index in [1.54, 1.807) is 13.8 Å². The molecule has 0 aliphatic heterocycles. The fourth-order valence-corrected chi connectivity index (χ4v) is 4.88. The number of amides is 1. The van der Waals surface area contributed by atoms with E-state index >= 15 is 0 Å². The van der Waals surface area contributed by atoms with Crippen LogP contribution >= 0.6 is 11.8 Å². The Hall–Kier alpha value is -2.64. The third-order valence-electron chi connectivity index (χ3n) is 7.58. The van der Waals surface area contributed by atoms with Gasteiger partial charge in [-0.2, -0.15) is 0 Å². The fraction of sp³-hybridized carbons (Fsp3) is 0.655. The van der Waals surface area contributed by atoms with Gasteiger partial charge in [-0.25, -0.2) is 13.2 Å². The van der Waals surface area contributed by atoms with Gasteiger partial charge in [0.25, 0.3) is 0 Å². The minimum absolute atomic E-state index is 0.0479. The van der Waals surface area contributed by atoms with Crippen LogP contribution in [0.2, 0.25) is 0 Å². The minimum Gasteiger partial charge on any atom is -0.411 e. The zero-order chi connectivity index (χ0) is 32.1. The Kier molecular flexibility index (Phi) is 15.6. The maximum absolute atomic E-state index is 14.0. The predicted molar refractivity (Wildman–Crippen MR) is 160 cm³/mol. The normalized spacial score (nSPS) is 13.8. The Labute approximate surface area is 251 Å². The van der Waals surface area contributed by atoms with E-state index in [1.807, 2.05) is 27.7 Å². The number of halogens is 3. The first kappa shape index (κ1) is 37.4. The Morgan fingerprint density at radius 1 is 0.881 bits per heavy atom. The van der Waals surface area contributed by atoms with Crippen LogP contribution in [0.5, 0.6) is 0 Å². The second-order valence-electron chi connectivity index (χ2n) is 11.5. The highest BCUT2D eigenvalue weighted by Gasteiger charge is 2.24. The van der Waals surface area contributed by atoms with E-state index in [2.05, 4.69) is 26.3 Å². The van der Waals surface area contributed by atoms with Crippen LogP contribution in [-0.4, -0.2) is 63.6 Å². The smallest absolute Gasteiger partial charge is 0.220 e. The third-order valence-corrected chi connectivity index (χ3v) is 8.71. The summed E-state index contributed by atoms with van der Waals surface area (Å²) >= 11 is 0.443. The number of carbonyl (C=O) groups is 2.